The standard InChI is InChI=1S/C13H12BrNO2/c1-13(2)9-10(13)12(17)15(11(9)16)8-5-3-4-7(14)6-8/h3-6,9-10H,1-2H3. The minimum absolute atomic E-state index is 0.0527. The Morgan fingerprint density at radius 1 is 1.18 bits per heavy atom. The predicted octanol–water partition coefficient (Wildman–Crippen LogP) is 2.59. The van der Waals surface area contributed by atoms with Crippen molar-refractivity contribution in [3.63, 3.8) is 0 Å². The third-order valence-corrected chi connectivity index (χ3v) is 4.36. The number of halogens is 1. The van der Waals surface area contributed by atoms with Crippen molar-refractivity contribution in [2.24, 2.45) is 17.3 Å². The van der Waals surface area contributed by atoms with Crippen LogP contribution in [-0.4, -0.2) is 11.8 Å². The molecule has 2 aliphatic rings. The summed E-state index contributed by atoms with van der Waals surface area (Å²) >= 11 is 3.35. The second kappa shape index (κ2) is 3.19. The van der Waals surface area contributed by atoms with Gasteiger partial charge in [-0.15, -0.1) is 0 Å². The van der Waals surface area contributed by atoms with Crippen LogP contribution < -0.4 is 4.90 Å². The average molecular weight is 294 g/mol. The number of carbonyl (C=O) groups excluding carboxylic acids is 2. The van der Waals surface area contributed by atoms with Gasteiger partial charge in [-0.3, -0.25) is 9.59 Å². The summed E-state index contributed by atoms with van der Waals surface area (Å²) in [6.07, 6.45) is 0. The molecular formula is C13H12BrNO2. The maximum Gasteiger partial charge on any atom is 0.238 e. The third kappa shape index (κ3) is 1.33. The number of carbonyl (C=O) groups is 2. The maximum absolute atomic E-state index is 12.2. The van der Waals surface area contributed by atoms with Crippen LogP contribution in [-0.2, 0) is 9.59 Å². The number of anilines is 1. The minimum atomic E-state index is -0.142. The topological polar surface area (TPSA) is 37.4 Å². The Bertz CT molecular complexity index is 514. The van der Waals surface area contributed by atoms with E-state index < -0.39 is 0 Å². The van der Waals surface area contributed by atoms with E-state index in [-0.39, 0.29) is 29.1 Å². The molecule has 0 bridgehead atoms. The Hall–Kier alpha value is -1.16. The molecule has 0 aromatic heterocycles. The summed E-state index contributed by atoms with van der Waals surface area (Å²) in [7, 11) is 0. The maximum atomic E-state index is 12.2. The number of benzene rings is 1. The summed E-state index contributed by atoms with van der Waals surface area (Å²) in [5, 5.41) is 0. The van der Waals surface area contributed by atoms with E-state index in [4.69, 9.17) is 0 Å². The molecule has 4 heteroatoms. The van der Waals surface area contributed by atoms with Gasteiger partial charge in [-0.25, -0.2) is 4.90 Å². The van der Waals surface area contributed by atoms with Crippen molar-refractivity contribution in [2.45, 2.75) is 13.8 Å². The Kier molecular flexibility index (Phi) is 2.06. The highest BCUT2D eigenvalue weighted by Gasteiger charge is 2.72. The molecule has 3 nitrogen and oxygen atoms in total. The van der Waals surface area contributed by atoms with Crippen molar-refractivity contribution in [1.29, 1.82) is 0 Å². The summed E-state index contributed by atoms with van der Waals surface area (Å²) in [6, 6.07) is 7.29. The summed E-state index contributed by atoms with van der Waals surface area (Å²) in [5.41, 5.74) is 0.522. The van der Waals surface area contributed by atoms with E-state index in [1.807, 2.05) is 26.0 Å². The molecule has 1 saturated carbocycles. The summed E-state index contributed by atoms with van der Waals surface area (Å²) in [5.74, 6) is -0.339. The smallest absolute Gasteiger partial charge is 0.238 e. The van der Waals surface area contributed by atoms with Crippen LogP contribution in [0, 0.1) is 17.3 Å². The molecule has 88 valence electrons. The van der Waals surface area contributed by atoms with Crippen LogP contribution in [0.3, 0.4) is 0 Å². The number of hydrogen-bond donors (Lipinski definition) is 0. The number of nitrogens with zero attached hydrogens (tertiary/aromatic N) is 1. The lowest BCUT2D eigenvalue weighted by Crippen LogP contribution is -2.36. The molecule has 1 aromatic carbocycles. The highest BCUT2D eigenvalue weighted by Crippen LogP contribution is 2.63. The molecule has 17 heavy (non-hydrogen) atoms. The first-order valence-electron chi connectivity index (χ1n) is 5.58. The lowest BCUT2D eigenvalue weighted by Gasteiger charge is -2.20. The fourth-order valence-corrected chi connectivity index (χ4v) is 3.20. The molecule has 0 N–H and O–H groups in total. The number of amides is 2. The van der Waals surface area contributed by atoms with E-state index in [9.17, 15) is 9.59 Å². The van der Waals surface area contributed by atoms with Crippen LogP contribution in [0.2, 0.25) is 0 Å². The van der Waals surface area contributed by atoms with Crippen LogP contribution >= 0.6 is 15.9 Å². The minimum Gasteiger partial charge on any atom is -0.274 e. The SMILES string of the molecule is CC1(C)C2C(=O)N(c3cccc(Br)c3)C(=O)C21. The molecule has 0 radical (unpaired) electrons. The first-order chi connectivity index (χ1) is 7.94. The molecule has 0 spiro atoms. The van der Waals surface area contributed by atoms with Gasteiger partial charge in [0, 0.05) is 4.47 Å². The highest BCUT2D eigenvalue weighted by atomic mass is 79.9. The van der Waals surface area contributed by atoms with Crippen molar-refractivity contribution < 1.29 is 9.59 Å². The quantitative estimate of drug-likeness (QED) is 0.747. The first kappa shape index (κ1) is 11.0. The van der Waals surface area contributed by atoms with Gasteiger partial charge in [-0.05, 0) is 23.6 Å². The average Bonchev–Trinajstić information content (AvgIpc) is 2.68. The molecule has 1 saturated heterocycles. The fraction of sp³-hybridized carbons (Fsp3) is 0.385. The monoisotopic (exact) mass is 293 g/mol. The molecule has 2 fully saturated rings. The molecule has 3 rings (SSSR count). The van der Waals surface area contributed by atoms with Crippen molar-refractivity contribution >= 4 is 33.4 Å². The molecule has 1 aliphatic carbocycles. The van der Waals surface area contributed by atoms with Gasteiger partial charge in [0.2, 0.25) is 11.8 Å². The summed E-state index contributed by atoms with van der Waals surface area (Å²) in [4.78, 5) is 25.7. The second-order valence-corrected chi connectivity index (χ2v) is 6.18. The molecule has 1 aromatic rings. The Labute approximate surface area is 108 Å². The number of fused-ring (bicyclic) bond motifs is 1. The van der Waals surface area contributed by atoms with Crippen molar-refractivity contribution in [3.05, 3.63) is 28.7 Å². The predicted molar refractivity (Wildman–Crippen MR) is 67.4 cm³/mol. The Morgan fingerprint density at radius 2 is 1.76 bits per heavy atom. The first-order valence-corrected chi connectivity index (χ1v) is 6.37. The number of piperidine rings is 1. The van der Waals surface area contributed by atoms with Gasteiger partial charge in [-0.1, -0.05) is 35.8 Å². The van der Waals surface area contributed by atoms with Gasteiger partial charge in [0.25, 0.3) is 0 Å². The molecule has 1 aliphatic heterocycles. The second-order valence-electron chi connectivity index (χ2n) is 5.27. The Morgan fingerprint density at radius 3 is 2.29 bits per heavy atom. The molecule has 2 atom stereocenters. The fourth-order valence-electron chi connectivity index (χ4n) is 2.82. The van der Waals surface area contributed by atoms with Crippen molar-refractivity contribution in [1.82, 2.24) is 0 Å². The van der Waals surface area contributed by atoms with E-state index >= 15 is 0 Å². The van der Waals surface area contributed by atoms with Crippen molar-refractivity contribution in [2.75, 3.05) is 4.90 Å². The lowest BCUT2D eigenvalue weighted by atomic mass is 10.1. The van der Waals surface area contributed by atoms with Gasteiger partial charge < -0.3 is 0 Å². The van der Waals surface area contributed by atoms with Gasteiger partial charge in [0.1, 0.15) is 0 Å². The number of hydrogen-bond acceptors (Lipinski definition) is 2. The van der Waals surface area contributed by atoms with Gasteiger partial charge in [-0.2, -0.15) is 0 Å². The van der Waals surface area contributed by atoms with Crippen LogP contribution in [0.5, 0.6) is 0 Å². The van der Waals surface area contributed by atoms with E-state index in [1.54, 1.807) is 12.1 Å². The third-order valence-electron chi connectivity index (χ3n) is 3.87. The van der Waals surface area contributed by atoms with Crippen molar-refractivity contribution in [3.8, 4) is 0 Å². The van der Waals surface area contributed by atoms with Crippen LogP contribution in [0.15, 0.2) is 28.7 Å². The molecule has 2 amide bonds. The van der Waals surface area contributed by atoms with E-state index in [1.165, 1.54) is 4.90 Å². The largest absolute Gasteiger partial charge is 0.274 e. The van der Waals surface area contributed by atoms with Gasteiger partial charge >= 0.3 is 0 Å². The van der Waals surface area contributed by atoms with Crippen LogP contribution in [0.1, 0.15) is 13.8 Å². The number of imide groups is 1. The lowest BCUT2D eigenvalue weighted by molar-refractivity contribution is -0.125. The normalized spacial score (nSPS) is 29.5. The molecule has 1 heterocycles. The van der Waals surface area contributed by atoms with E-state index in [0.717, 1.165) is 4.47 Å². The molecule has 2 unspecified atom stereocenters. The van der Waals surface area contributed by atoms with E-state index in [0.29, 0.717) is 5.69 Å². The van der Waals surface area contributed by atoms with Gasteiger partial charge in [0.15, 0.2) is 0 Å². The van der Waals surface area contributed by atoms with E-state index in [2.05, 4.69) is 15.9 Å². The zero-order valence-electron chi connectivity index (χ0n) is 9.61. The Balaban J connectivity index is 1.98. The number of rotatable bonds is 1. The zero-order valence-corrected chi connectivity index (χ0v) is 11.2. The summed E-state index contributed by atoms with van der Waals surface area (Å²) in [6.45, 7) is 3.97. The zero-order chi connectivity index (χ0) is 12.4. The highest BCUT2D eigenvalue weighted by molar-refractivity contribution is 9.10. The summed E-state index contributed by atoms with van der Waals surface area (Å²) < 4.78 is 0.871. The molecular weight excluding hydrogens is 282 g/mol. The van der Waals surface area contributed by atoms with Crippen LogP contribution in [0.25, 0.3) is 0 Å². The van der Waals surface area contributed by atoms with Crippen LogP contribution in [0.4, 0.5) is 5.69 Å². The van der Waals surface area contributed by atoms with Gasteiger partial charge in [0.05, 0.1) is 17.5 Å².